The van der Waals surface area contributed by atoms with E-state index in [1.165, 1.54) is 6.07 Å². The van der Waals surface area contributed by atoms with Crippen molar-refractivity contribution in [2.24, 2.45) is 0 Å². The molecule has 94 valence electrons. The van der Waals surface area contributed by atoms with Gasteiger partial charge in [0.05, 0.1) is 0 Å². The smallest absolute Gasteiger partial charge is 0.123 e. The van der Waals surface area contributed by atoms with E-state index < -0.39 is 0 Å². The molecule has 1 aromatic rings. The van der Waals surface area contributed by atoms with Crippen LogP contribution in [0.1, 0.15) is 30.9 Å². The van der Waals surface area contributed by atoms with Crippen molar-refractivity contribution < 1.29 is 4.39 Å². The second-order valence-corrected chi connectivity index (χ2v) is 4.57. The van der Waals surface area contributed by atoms with Gasteiger partial charge in [-0.3, -0.25) is 10.9 Å². The highest BCUT2D eigenvalue weighted by Gasteiger charge is 2.24. The van der Waals surface area contributed by atoms with Gasteiger partial charge in [-0.1, -0.05) is 12.1 Å². The van der Waals surface area contributed by atoms with E-state index in [-0.39, 0.29) is 11.9 Å². The SMILES string of the molecule is CNCCCC1CC(c2cccc(F)c2)NN1. The molecule has 2 atom stereocenters. The molecule has 0 spiro atoms. The van der Waals surface area contributed by atoms with Gasteiger partial charge in [-0.05, 0) is 50.6 Å². The first kappa shape index (κ1) is 12.5. The third kappa shape index (κ3) is 3.49. The molecule has 4 heteroatoms. The van der Waals surface area contributed by atoms with Gasteiger partial charge in [-0.15, -0.1) is 0 Å². The van der Waals surface area contributed by atoms with E-state index in [1.54, 1.807) is 12.1 Å². The number of hydrazine groups is 1. The minimum absolute atomic E-state index is 0.164. The quantitative estimate of drug-likeness (QED) is 0.683. The summed E-state index contributed by atoms with van der Waals surface area (Å²) in [6.45, 7) is 1.04. The van der Waals surface area contributed by atoms with Crippen molar-refractivity contribution >= 4 is 0 Å². The molecule has 3 nitrogen and oxygen atoms in total. The Morgan fingerprint density at radius 3 is 3.06 bits per heavy atom. The third-order valence-corrected chi connectivity index (χ3v) is 3.21. The monoisotopic (exact) mass is 237 g/mol. The molecule has 1 fully saturated rings. The number of hydrogen-bond donors (Lipinski definition) is 3. The van der Waals surface area contributed by atoms with Crippen molar-refractivity contribution in [3.8, 4) is 0 Å². The lowest BCUT2D eigenvalue weighted by Crippen LogP contribution is -2.31. The Hall–Kier alpha value is -0.970. The van der Waals surface area contributed by atoms with E-state index in [1.807, 2.05) is 13.1 Å². The molecule has 2 unspecified atom stereocenters. The Kier molecular flexibility index (Phi) is 4.48. The standard InChI is InChI=1S/C13H20FN3/c1-15-7-3-6-12-9-13(17-16-12)10-4-2-5-11(14)8-10/h2,4-5,8,12-13,15-17H,3,6-7,9H2,1H3. The number of nitrogens with one attached hydrogen (secondary N) is 3. The van der Waals surface area contributed by atoms with Crippen LogP contribution in [-0.2, 0) is 0 Å². The average molecular weight is 237 g/mol. The molecule has 0 amide bonds. The van der Waals surface area contributed by atoms with E-state index in [9.17, 15) is 4.39 Å². The number of rotatable bonds is 5. The van der Waals surface area contributed by atoms with E-state index in [0.29, 0.717) is 6.04 Å². The van der Waals surface area contributed by atoms with Crippen molar-refractivity contribution in [3.05, 3.63) is 35.6 Å². The summed E-state index contributed by atoms with van der Waals surface area (Å²) in [6.07, 6.45) is 3.32. The van der Waals surface area contributed by atoms with Crippen LogP contribution in [0, 0.1) is 5.82 Å². The van der Waals surface area contributed by atoms with Gasteiger partial charge in [-0.25, -0.2) is 4.39 Å². The van der Waals surface area contributed by atoms with Crippen LogP contribution in [0.25, 0.3) is 0 Å². The summed E-state index contributed by atoms with van der Waals surface area (Å²) in [5, 5.41) is 3.14. The molecule has 0 radical (unpaired) electrons. The molecule has 0 aromatic heterocycles. The average Bonchev–Trinajstić information content (AvgIpc) is 2.78. The Balaban J connectivity index is 1.85. The van der Waals surface area contributed by atoms with E-state index >= 15 is 0 Å². The number of hydrogen-bond acceptors (Lipinski definition) is 3. The lowest BCUT2D eigenvalue weighted by Gasteiger charge is -2.09. The minimum Gasteiger partial charge on any atom is -0.320 e. The fourth-order valence-electron chi connectivity index (χ4n) is 2.28. The summed E-state index contributed by atoms with van der Waals surface area (Å²) in [7, 11) is 1.97. The van der Waals surface area contributed by atoms with Crippen LogP contribution in [0.5, 0.6) is 0 Å². The lowest BCUT2D eigenvalue weighted by molar-refractivity contribution is 0.496. The Morgan fingerprint density at radius 2 is 2.29 bits per heavy atom. The zero-order valence-corrected chi connectivity index (χ0v) is 10.2. The van der Waals surface area contributed by atoms with Gasteiger partial charge >= 0.3 is 0 Å². The third-order valence-electron chi connectivity index (χ3n) is 3.21. The molecule has 0 bridgehead atoms. The van der Waals surface area contributed by atoms with Gasteiger partial charge in [-0.2, -0.15) is 0 Å². The highest BCUT2D eigenvalue weighted by molar-refractivity contribution is 5.21. The fourth-order valence-corrected chi connectivity index (χ4v) is 2.28. The fraction of sp³-hybridized carbons (Fsp3) is 0.538. The lowest BCUT2D eigenvalue weighted by atomic mass is 10.00. The summed E-state index contributed by atoms with van der Waals surface area (Å²) in [5.41, 5.74) is 7.55. The molecule has 17 heavy (non-hydrogen) atoms. The van der Waals surface area contributed by atoms with Crippen LogP contribution >= 0.6 is 0 Å². The molecule has 1 aromatic carbocycles. The van der Waals surface area contributed by atoms with Crippen molar-refractivity contribution in [2.45, 2.75) is 31.3 Å². The summed E-state index contributed by atoms with van der Waals surface area (Å²) >= 11 is 0. The maximum absolute atomic E-state index is 13.1. The van der Waals surface area contributed by atoms with Crippen molar-refractivity contribution in [2.75, 3.05) is 13.6 Å². The number of benzene rings is 1. The van der Waals surface area contributed by atoms with Crippen LogP contribution in [0.4, 0.5) is 4.39 Å². The molecule has 0 aliphatic carbocycles. The Morgan fingerprint density at radius 1 is 1.41 bits per heavy atom. The normalized spacial score (nSPS) is 24.1. The minimum atomic E-state index is -0.164. The van der Waals surface area contributed by atoms with Gasteiger partial charge in [0.2, 0.25) is 0 Å². The highest BCUT2D eigenvalue weighted by Crippen LogP contribution is 2.24. The van der Waals surface area contributed by atoms with E-state index in [0.717, 1.165) is 31.4 Å². The van der Waals surface area contributed by atoms with Gasteiger partial charge in [0.25, 0.3) is 0 Å². The van der Waals surface area contributed by atoms with Gasteiger partial charge in [0.15, 0.2) is 0 Å². The van der Waals surface area contributed by atoms with E-state index in [4.69, 9.17) is 0 Å². The van der Waals surface area contributed by atoms with Crippen molar-refractivity contribution in [3.63, 3.8) is 0 Å². The van der Waals surface area contributed by atoms with Crippen LogP contribution in [0.3, 0.4) is 0 Å². The largest absolute Gasteiger partial charge is 0.320 e. The second kappa shape index (κ2) is 6.10. The molecule has 3 N–H and O–H groups in total. The predicted molar refractivity (Wildman–Crippen MR) is 67.0 cm³/mol. The Bertz CT molecular complexity index is 356. The summed E-state index contributed by atoms with van der Waals surface area (Å²) in [5.74, 6) is -0.164. The maximum Gasteiger partial charge on any atom is 0.123 e. The predicted octanol–water partition coefficient (Wildman–Crippen LogP) is 1.73. The van der Waals surface area contributed by atoms with Gasteiger partial charge in [0, 0.05) is 12.1 Å². The molecule has 0 saturated carbocycles. The van der Waals surface area contributed by atoms with Crippen molar-refractivity contribution in [1.82, 2.24) is 16.2 Å². The van der Waals surface area contributed by atoms with Crippen LogP contribution in [-0.4, -0.2) is 19.6 Å². The van der Waals surface area contributed by atoms with Crippen LogP contribution in [0.2, 0.25) is 0 Å². The topological polar surface area (TPSA) is 36.1 Å². The first-order valence-electron chi connectivity index (χ1n) is 6.20. The summed E-state index contributed by atoms with van der Waals surface area (Å²) < 4.78 is 13.1. The highest BCUT2D eigenvalue weighted by atomic mass is 19.1. The van der Waals surface area contributed by atoms with Crippen molar-refractivity contribution in [1.29, 1.82) is 0 Å². The van der Waals surface area contributed by atoms with Crippen LogP contribution < -0.4 is 16.2 Å². The molecule has 1 heterocycles. The molecule has 1 aliphatic heterocycles. The molecule has 2 rings (SSSR count). The second-order valence-electron chi connectivity index (χ2n) is 4.57. The summed E-state index contributed by atoms with van der Waals surface area (Å²) in [4.78, 5) is 0. The molecular formula is C13H20FN3. The first-order chi connectivity index (χ1) is 8.29. The molecule has 1 saturated heterocycles. The van der Waals surface area contributed by atoms with Crippen LogP contribution in [0.15, 0.2) is 24.3 Å². The van der Waals surface area contributed by atoms with E-state index in [2.05, 4.69) is 16.2 Å². The summed E-state index contributed by atoms with van der Waals surface area (Å²) in [6, 6.07) is 7.53. The van der Waals surface area contributed by atoms with Gasteiger partial charge in [0.1, 0.15) is 5.82 Å². The molecular weight excluding hydrogens is 217 g/mol. The zero-order valence-electron chi connectivity index (χ0n) is 10.2. The first-order valence-corrected chi connectivity index (χ1v) is 6.20. The van der Waals surface area contributed by atoms with Gasteiger partial charge < -0.3 is 5.32 Å². The molecule has 1 aliphatic rings. The Labute approximate surface area is 102 Å². The zero-order chi connectivity index (χ0) is 12.1. The maximum atomic E-state index is 13.1. The number of halogens is 1.